The van der Waals surface area contributed by atoms with E-state index in [1.54, 1.807) is 0 Å². The zero-order valence-electron chi connectivity index (χ0n) is 8.20. The molecule has 0 bridgehead atoms. The Morgan fingerprint density at radius 3 is 3.07 bits per heavy atom. The molecule has 1 saturated heterocycles. The smallest absolute Gasteiger partial charge is 0.106 e. The van der Waals surface area contributed by atoms with Crippen LogP contribution in [0.5, 0.6) is 0 Å². The molecule has 1 aliphatic heterocycles. The summed E-state index contributed by atoms with van der Waals surface area (Å²) in [6.07, 6.45) is 1.93. The summed E-state index contributed by atoms with van der Waals surface area (Å²) in [7, 11) is 2.15. The van der Waals surface area contributed by atoms with E-state index in [1.165, 1.54) is 5.56 Å². The summed E-state index contributed by atoms with van der Waals surface area (Å²) >= 11 is 3.34. The molecule has 1 atom stereocenters. The first-order chi connectivity index (χ1) is 6.75. The van der Waals surface area contributed by atoms with Crippen molar-refractivity contribution in [1.82, 2.24) is 15.2 Å². The lowest BCUT2D eigenvalue weighted by Crippen LogP contribution is -2.43. The van der Waals surface area contributed by atoms with Crippen LogP contribution in [0.2, 0.25) is 0 Å². The average molecular weight is 256 g/mol. The second-order valence-corrected chi connectivity index (χ2v) is 4.50. The fraction of sp³-hybridized carbons (Fsp3) is 0.500. The Hall–Kier alpha value is -0.450. The predicted molar refractivity (Wildman–Crippen MR) is 60.2 cm³/mol. The van der Waals surface area contributed by atoms with E-state index in [4.69, 9.17) is 0 Å². The Morgan fingerprint density at radius 1 is 1.57 bits per heavy atom. The van der Waals surface area contributed by atoms with E-state index < -0.39 is 0 Å². The molecule has 1 aliphatic rings. The van der Waals surface area contributed by atoms with Gasteiger partial charge in [-0.2, -0.15) is 0 Å². The van der Waals surface area contributed by atoms with Gasteiger partial charge in [0.2, 0.25) is 0 Å². The van der Waals surface area contributed by atoms with E-state index in [0.717, 1.165) is 24.2 Å². The summed E-state index contributed by atoms with van der Waals surface area (Å²) in [5.74, 6) is 0. The van der Waals surface area contributed by atoms with Gasteiger partial charge >= 0.3 is 0 Å². The van der Waals surface area contributed by atoms with Gasteiger partial charge in [-0.15, -0.1) is 0 Å². The van der Waals surface area contributed by atoms with Crippen molar-refractivity contribution in [2.45, 2.75) is 6.04 Å². The number of aromatic nitrogens is 1. The van der Waals surface area contributed by atoms with Crippen LogP contribution in [-0.4, -0.2) is 36.6 Å². The summed E-state index contributed by atoms with van der Waals surface area (Å²) < 4.78 is 0.894. The second-order valence-electron chi connectivity index (χ2n) is 3.68. The standard InChI is InChI=1S/C10H14BrN3/c1-14-5-4-12-9(7-14)8-2-3-10(11)13-6-8/h2-3,6,9,12H,4-5,7H2,1H3. The zero-order valence-corrected chi connectivity index (χ0v) is 9.79. The first kappa shape index (κ1) is 10.1. The summed E-state index contributed by atoms with van der Waals surface area (Å²) in [6.45, 7) is 3.24. The molecular weight excluding hydrogens is 242 g/mol. The van der Waals surface area contributed by atoms with Gasteiger partial charge in [-0.3, -0.25) is 0 Å². The van der Waals surface area contributed by atoms with Gasteiger partial charge in [0.1, 0.15) is 4.60 Å². The minimum Gasteiger partial charge on any atom is -0.308 e. The first-order valence-corrected chi connectivity index (χ1v) is 5.58. The molecule has 0 spiro atoms. The van der Waals surface area contributed by atoms with Crippen LogP contribution >= 0.6 is 15.9 Å². The molecule has 3 nitrogen and oxygen atoms in total. The maximum Gasteiger partial charge on any atom is 0.106 e. The van der Waals surface area contributed by atoms with E-state index >= 15 is 0 Å². The molecule has 0 radical (unpaired) electrons. The first-order valence-electron chi connectivity index (χ1n) is 4.79. The highest BCUT2D eigenvalue weighted by molar-refractivity contribution is 9.10. The number of rotatable bonds is 1. The monoisotopic (exact) mass is 255 g/mol. The molecule has 1 aromatic heterocycles. The molecule has 14 heavy (non-hydrogen) atoms. The van der Waals surface area contributed by atoms with E-state index in [-0.39, 0.29) is 0 Å². The van der Waals surface area contributed by atoms with E-state index in [2.05, 4.69) is 44.2 Å². The van der Waals surface area contributed by atoms with Crippen LogP contribution in [0.1, 0.15) is 11.6 Å². The fourth-order valence-electron chi connectivity index (χ4n) is 1.71. The highest BCUT2D eigenvalue weighted by Gasteiger charge is 2.17. The van der Waals surface area contributed by atoms with E-state index in [0.29, 0.717) is 6.04 Å². The third kappa shape index (κ3) is 2.32. The van der Waals surface area contributed by atoms with Crippen molar-refractivity contribution in [2.24, 2.45) is 0 Å². The van der Waals surface area contributed by atoms with E-state index in [9.17, 15) is 0 Å². The van der Waals surface area contributed by atoms with Crippen molar-refractivity contribution >= 4 is 15.9 Å². The van der Waals surface area contributed by atoms with Gasteiger partial charge in [-0.25, -0.2) is 4.98 Å². The molecule has 1 unspecified atom stereocenters. The molecule has 0 saturated carbocycles. The normalized spacial score (nSPS) is 23.7. The number of hydrogen-bond donors (Lipinski definition) is 1. The molecule has 1 aromatic rings. The van der Waals surface area contributed by atoms with Gasteiger partial charge in [0.15, 0.2) is 0 Å². The number of nitrogens with zero attached hydrogens (tertiary/aromatic N) is 2. The quantitative estimate of drug-likeness (QED) is 0.770. The number of nitrogens with one attached hydrogen (secondary N) is 1. The van der Waals surface area contributed by atoms with Crippen molar-refractivity contribution in [3.05, 3.63) is 28.5 Å². The SMILES string of the molecule is CN1CCNC(c2ccc(Br)nc2)C1. The molecule has 4 heteroatoms. The molecule has 1 N–H and O–H groups in total. The Kier molecular flexibility index (Phi) is 3.15. The topological polar surface area (TPSA) is 28.2 Å². The summed E-state index contributed by atoms with van der Waals surface area (Å²) in [5, 5.41) is 3.49. The zero-order chi connectivity index (χ0) is 9.97. The maximum absolute atomic E-state index is 4.24. The summed E-state index contributed by atoms with van der Waals surface area (Å²) in [5.41, 5.74) is 1.26. The van der Waals surface area contributed by atoms with Gasteiger partial charge < -0.3 is 10.2 Å². The van der Waals surface area contributed by atoms with Gasteiger partial charge in [-0.05, 0) is 34.6 Å². The van der Waals surface area contributed by atoms with Crippen molar-refractivity contribution in [3.63, 3.8) is 0 Å². The summed E-state index contributed by atoms with van der Waals surface area (Å²) in [6, 6.07) is 4.54. The predicted octanol–water partition coefficient (Wildman–Crippen LogP) is 1.42. The van der Waals surface area contributed by atoms with Gasteiger partial charge in [0.05, 0.1) is 0 Å². The Bertz CT molecular complexity index is 299. The number of piperazine rings is 1. The van der Waals surface area contributed by atoms with Gasteiger partial charge in [-0.1, -0.05) is 6.07 Å². The van der Waals surface area contributed by atoms with Gasteiger partial charge in [0, 0.05) is 31.9 Å². The summed E-state index contributed by atoms with van der Waals surface area (Å²) in [4.78, 5) is 6.57. The van der Waals surface area contributed by atoms with Crippen molar-refractivity contribution in [1.29, 1.82) is 0 Å². The third-order valence-electron chi connectivity index (χ3n) is 2.53. The lowest BCUT2D eigenvalue weighted by molar-refractivity contribution is 0.240. The van der Waals surface area contributed by atoms with E-state index in [1.807, 2.05) is 12.3 Å². The largest absolute Gasteiger partial charge is 0.308 e. The van der Waals surface area contributed by atoms with Crippen molar-refractivity contribution in [3.8, 4) is 0 Å². The van der Waals surface area contributed by atoms with Crippen molar-refractivity contribution in [2.75, 3.05) is 26.7 Å². The number of likely N-dealkylation sites (N-methyl/N-ethyl adjacent to an activating group) is 1. The minimum atomic E-state index is 0.425. The molecule has 2 rings (SSSR count). The molecule has 0 amide bonds. The average Bonchev–Trinajstić information content (AvgIpc) is 2.19. The van der Waals surface area contributed by atoms with Crippen molar-refractivity contribution < 1.29 is 0 Å². The maximum atomic E-state index is 4.24. The Morgan fingerprint density at radius 2 is 2.43 bits per heavy atom. The minimum absolute atomic E-state index is 0.425. The number of hydrogen-bond acceptors (Lipinski definition) is 3. The van der Waals surface area contributed by atoms with Crippen LogP contribution < -0.4 is 5.32 Å². The second kappa shape index (κ2) is 4.38. The molecule has 76 valence electrons. The van der Waals surface area contributed by atoms with Crippen LogP contribution in [-0.2, 0) is 0 Å². The molecule has 0 aliphatic carbocycles. The molecular formula is C10H14BrN3. The fourth-order valence-corrected chi connectivity index (χ4v) is 1.95. The molecule has 2 heterocycles. The lowest BCUT2D eigenvalue weighted by Gasteiger charge is -2.30. The van der Waals surface area contributed by atoms with Crippen LogP contribution in [0.4, 0.5) is 0 Å². The Balaban J connectivity index is 2.10. The molecule has 1 fully saturated rings. The molecule has 0 aromatic carbocycles. The van der Waals surface area contributed by atoms with Crippen LogP contribution in [0.3, 0.4) is 0 Å². The Labute approximate surface area is 92.6 Å². The lowest BCUT2D eigenvalue weighted by atomic mass is 10.1. The highest BCUT2D eigenvalue weighted by atomic mass is 79.9. The highest BCUT2D eigenvalue weighted by Crippen LogP contribution is 2.17. The van der Waals surface area contributed by atoms with Crippen LogP contribution in [0, 0.1) is 0 Å². The van der Waals surface area contributed by atoms with Gasteiger partial charge in [0.25, 0.3) is 0 Å². The number of halogens is 1. The third-order valence-corrected chi connectivity index (χ3v) is 3.00. The number of pyridine rings is 1. The van der Waals surface area contributed by atoms with Crippen LogP contribution in [0.25, 0.3) is 0 Å². The van der Waals surface area contributed by atoms with Crippen LogP contribution in [0.15, 0.2) is 22.9 Å².